The highest BCUT2D eigenvalue weighted by atomic mass is 32.2. The largest absolute Gasteiger partial charge is 0.350 e. The van der Waals surface area contributed by atoms with Crippen LogP contribution >= 0.6 is 24.3 Å². The number of urea groups is 1. The summed E-state index contributed by atoms with van der Waals surface area (Å²) in [5.74, 6) is -0.115. The van der Waals surface area contributed by atoms with Crippen molar-refractivity contribution in [2.75, 3.05) is 26.2 Å². The molecular weight excluding hydrogens is 308 g/mol. The Labute approximate surface area is 134 Å². The number of hydrogen-bond donors (Lipinski definition) is 0. The van der Waals surface area contributed by atoms with Crippen molar-refractivity contribution >= 4 is 36.2 Å². The van der Waals surface area contributed by atoms with Gasteiger partial charge in [-0.15, -0.1) is 0 Å². The molecule has 3 saturated heterocycles. The summed E-state index contributed by atoms with van der Waals surface area (Å²) >= 11 is 2.71. The summed E-state index contributed by atoms with van der Waals surface area (Å²) in [5.41, 5.74) is -0.781. The van der Waals surface area contributed by atoms with Gasteiger partial charge in [0.2, 0.25) is 0 Å². The third kappa shape index (κ3) is 2.91. The smallest absolute Gasteiger partial charge is 0.271 e. The summed E-state index contributed by atoms with van der Waals surface area (Å²) in [7, 11) is 0. The molecule has 6 nitrogen and oxygen atoms in total. The van der Waals surface area contributed by atoms with Crippen LogP contribution in [-0.4, -0.2) is 60.9 Å². The molecule has 0 radical (unpaired) electrons. The van der Waals surface area contributed by atoms with Crippen molar-refractivity contribution < 1.29 is 9.59 Å². The number of amides is 3. The highest BCUT2D eigenvalue weighted by molar-refractivity contribution is 7.97. The van der Waals surface area contributed by atoms with Crippen molar-refractivity contribution in [3.63, 3.8) is 0 Å². The van der Waals surface area contributed by atoms with E-state index in [1.54, 1.807) is 4.31 Å². The Morgan fingerprint density at radius 2 is 1.33 bits per heavy atom. The molecule has 3 heterocycles. The topological polar surface area (TPSA) is 47.1 Å². The molecule has 0 aromatic rings. The summed E-state index contributed by atoms with van der Waals surface area (Å²) in [4.78, 5) is 25.2. The van der Waals surface area contributed by atoms with E-state index in [1.165, 1.54) is 28.6 Å². The van der Waals surface area contributed by atoms with E-state index in [4.69, 9.17) is 0 Å². The number of hydrogen-bond acceptors (Lipinski definition) is 6. The molecule has 0 aromatic heterocycles. The second-order valence-corrected chi connectivity index (χ2v) is 8.26. The quantitative estimate of drug-likeness (QED) is 0.582. The van der Waals surface area contributed by atoms with Crippen LogP contribution in [0.4, 0.5) is 4.79 Å². The minimum absolute atomic E-state index is 0.115. The second-order valence-electron chi connectivity index (χ2n) is 6.17. The van der Waals surface area contributed by atoms with Crippen LogP contribution in [0.5, 0.6) is 0 Å². The van der Waals surface area contributed by atoms with Gasteiger partial charge in [0.15, 0.2) is 0 Å². The Morgan fingerprint density at radius 3 is 1.86 bits per heavy atom. The molecule has 21 heavy (non-hydrogen) atoms. The lowest BCUT2D eigenvalue weighted by molar-refractivity contribution is -0.127. The SMILES string of the molecule is CC1(C)C(=O)N(SN2CCCC2)C(=O)N1SN1CCCC1. The van der Waals surface area contributed by atoms with Gasteiger partial charge in [0.05, 0.1) is 12.1 Å². The van der Waals surface area contributed by atoms with Gasteiger partial charge in [-0.25, -0.2) is 17.7 Å². The van der Waals surface area contributed by atoms with Crippen molar-refractivity contribution in [1.82, 2.24) is 17.2 Å². The summed E-state index contributed by atoms with van der Waals surface area (Å²) < 4.78 is 7.27. The molecule has 3 fully saturated rings. The Kier molecular flexibility index (Phi) is 4.40. The molecule has 8 heteroatoms. The first-order valence-corrected chi connectivity index (χ1v) is 9.01. The van der Waals surface area contributed by atoms with Crippen molar-refractivity contribution in [3.05, 3.63) is 0 Å². The first-order chi connectivity index (χ1) is 10.00. The predicted octanol–water partition coefficient (Wildman–Crippen LogP) is 2.35. The number of rotatable bonds is 4. The molecule has 118 valence electrons. The zero-order valence-electron chi connectivity index (χ0n) is 12.6. The van der Waals surface area contributed by atoms with Gasteiger partial charge in [-0.1, -0.05) is 0 Å². The van der Waals surface area contributed by atoms with Crippen LogP contribution < -0.4 is 0 Å². The molecule has 3 aliphatic heterocycles. The van der Waals surface area contributed by atoms with Crippen LogP contribution in [0.25, 0.3) is 0 Å². The van der Waals surface area contributed by atoms with Gasteiger partial charge >= 0.3 is 6.03 Å². The fourth-order valence-electron chi connectivity index (χ4n) is 2.72. The van der Waals surface area contributed by atoms with Crippen LogP contribution in [0, 0.1) is 0 Å². The van der Waals surface area contributed by atoms with Gasteiger partial charge in [-0.3, -0.25) is 4.79 Å². The third-order valence-electron chi connectivity index (χ3n) is 4.09. The number of imide groups is 1. The molecular formula is C13H22N4O2S2. The fraction of sp³-hybridized carbons (Fsp3) is 0.846. The monoisotopic (exact) mass is 330 g/mol. The Bertz CT molecular complexity index is 434. The average Bonchev–Trinajstić information content (AvgIpc) is 3.15. The molecule has 0 unspecified atom stereocenters. The molecule has 0 aromatic carbocycles. The minimum atomic E-state index is -0.781. The van der Waals surface area contributed by atoms with Gasteiger partial charge < -0.3 is 0 Å². The Balaban J connectivity index is 1.71. The Morgan fingerprint density at radius 1 is 0.857 bits per heavy atom. The number of carbonyl (C=O) groups excluding carboxylic acids is 2. The lowest BCUT2D eigenvalue weighted by Crippen LogP contribution is -2.41. The molecule has 0 saturated carbocycles. The summed E-state index contributed by atoms with van der Waals surface area (Å²) in [6.07, 6.45) is 4.60. The second kappa shape index (κ2) is 5.98. The maximum absolute atomic E-state index is 12.6. The molecule has 3 rings (SSSR count). The molecule has 3 amide bonds. The Hall–Kier alpha value is -0.440. The lowest BCUT2D eigenvalue weighted by atomic mass is 10.1. The van der Waals surface area contributed by atoms with E-state index in [0.717, 1.165) is 51.9 Å². The molecule has 0 aliphatic carbocycles. The summed E-state index contributed by atoms with van der Waals surface area (Å²) in [6.45, 7) is 7.53. The van der Waals surface area contributed by atoms with Crippen molar-refractivity contribution in [2.24, 2.45) is 0 Å². The lowest BCUT2D eigenvalue weighted by Gasteiger charge is -2.29. The first kappa shape index (κ1) is 15.5. The highest BCUT2D eigenvalue weighted by Crippen LogP contribution is 2.40. The average molecular weight is 330 g/mol. The van der Waals surface area contributed by atoms with Crippen LogP contribution in [0.15, 0.2) is 0 Å². The van der Waals surface area contributed by atoms with Gasteiger partial charge in [0.1, 0.15) is 5.54 Å². The van der Waals surface area contributed by atoms with E-state index in [-0.39, 0.29) is 11.9 Å². The third-order valence-corrected chi connectivity index (χ3v) is 6.54. The zero-order valence-corrected chi connectivity index (χ0v) is 14.2. The first-order valence-electron chi connectivity index (χ1n) is 7.55. The standard InChI is InChI=1S/C13H22N4O2S2/c1-13(2)11(18)16(20-14-7-3-4-8-14)12(19)17(13)21-15-9-5-6-10-15/h3-10H2,1-2H3. The molecule has 0 bridgehead atoms. The van der Waals surface area contributed by atoms with Crippen LogP contribution in [0.2, 0.25) is 0 Å². The van der Waals surface area contributed by atoms with Crippen molar-refractivity contribution in [3.8, 4) is 0 Å². The molecule has 0 N–H and O–H groups in total. The molecule has 3 aliphatic rings. The van der Waals surface area contributed by atoms with E-state index >= 15 is 0 Å². The van der Waals surface area contributed by atoms with Crippen LogP contribution in [0.1, 0.15) is 39.5 Å². The minimum Gasteiger partial charge on any atom is -0.271 e. The van der Waals surface area contributed by atoms with Crippen molar-refractivity contribution in [2.45, 2.75) is 45.1 Å². The van der Waals surface area contributed by atoms with E-state index in [2.05, 4.69) is 8.61 Å². The predicted molar refractivity (Wildman–Crippen MR) is 85.0 cm³/mol. The van der Waals surface area contributed by atoms with E-state index in [9.17, 15) is 9.59 Å². The maximum atomic E-state index is 12.6. The van der Waals surface area contributed by atoms with Gasteiger partial charge in [0, 0.05) is 38.3 Å². The number of carbonyl (C=O) groups is 2. The van der Waals surface area contributed by atoms with E-state index in [1.807, 2.05) is 13.8 Å². The van der Waals surface area contributed by atoms with Gasteiger partial charge in [-0.2, -0.15) is 4.31 Å². The van der Waals surface area contributed by atoms with E-state index in [0.29, 0.717) is 0 Å². The van der Waals surface area contributed by atoms with Gasteiger partial charge in [-0.05, 0) is 39.5 Å². The highest BCUT2D eigenvalue weighted by Gasteiger charge is 2.54. The zero-order chi connectivity index (χ0) is 15.0. The summed E-state index contributed by atoms with van der Waals surface area (Å²) in [6, 6.07) is -0.196. The number of nitrogens with zero attached hydrogens (tertiary/aromatic N) is 4. The van der Waals surface area contributed by atoms with E-state index < -0.39 is 5.54 Å². The maximum Gasteiger partial charge on any atom is 0.350 e. The molecule has 0 spiro atoms. The van der Waals surface area contributed by atoms with Crippen LogP contribution in [-0.2, 0) is 4.79 Å². The normalized spacial score (nSPS) is 27.3. The van der Waals surface area contributed by atoms with Crippen LogP contribution in [0.3, 0.4) is 0 Å². The fourth-order valence-corrected chi connectivity index (χ4v) is 4.96. The molecule has 0 atom stereocenters. The summed E-state index contributed by atoms with van der Waals surface area (Å²) in [5, 5.41) is 0. The van der Waals surface area contributed by atoms with Crippen molar-refractivity contribution in [1.29, 1.82) is 0 Å². The van der Waals surface area contributed by atoms with Gasteiger partial charge in [0.25, 0.3) is 5.91 Å².